The van der Waals surface area contributed by atoms with Crippen LogP contribution in [0.3, 0.4) is 0 Å². The first-order chi connectivity index (χ1) is 7.49. The van der Waals surface area contributed by atoms with Crippen molar-refractivity contribution in [2.75, 3.05) is 6.61 Å². The van der Waals surface area contributed by atoms with Crippen LogP contribution < -0.4 is 0 Å². The van der Waals surface area contributed by atoms with E-state index in [1.54, 1.807) is 13.8 Å². The number of hydrogen-bond acceptors (Lipinski definition) is 4. The highest BCUT2D eigenvalue weighted by molar-refractivity contribution is 5.69. The Balaban J connectivity index is 4.09. The lowest BCUT2D eigenvalue weighted by molar-refractivity contribution is -0.159. The van der Waals surface area contributed by atoms with Gasteiger partial charge in [-0.05, 0) is 12.3 Å². The molecule has 16 heavy (non-hydrogen) atoms. The average molecular weight is 230 g/mol. The Labute approximate surface area is 97.3 Å². The van der Waals surface area contributed by atoms with E-state index in [1.807, 2.05) is 13.8 Å². The fourth-order valence-corrected chi connectivity index (χ4v) is 1.23. The molecule has 0 rings (SSSR count). The lowest BCUT2D eigenvalue weighted by atomic mass is 10.1. The monoisotopic (exact) mass is 230 g/mol. The molecular weight excluding hydrogens is 208 g/mol. The molecule has 0 spiro atoms. The molecule has 0 radical (unpaired) electrons. The Hall–Kier alpha value is -1.06. The van der Waals surface area contributed by atoms with E-state index in [0.717, 1.165) is 0 Å². The van der Waals surface area contributed by atoms with Gasteiger partial charge >= 0.3 is 11.9 Å². The van der Waals surface area contributed by atoms with E-state index in [0.29, 0.717) is 25.2 Å². The van der Waals surface area contributed by atoms with E-state index >= 15 is 0 Å². The molecule has 4 heteroatoms. The Morgan fingerprint density at radius 3 is 2.06 bits per heavy atom. The van der Waals surface area contributed by atoms with Gasteiger partial charge in [-0.15, -0.1) is 0 Å². The molecule has 4 nitrogen and oxygen atoms in total. The van der Waals surface area contributed by atoms with Crippen molar-refractivity contribution in [2.45, 2.75) is 53.1 Å². The second-order valence-electron chi connectivity index (χ2n) is 4.13. The van der Waals surface area contributed by atoms with E-state index in [9.17, 15) is 9.59 Å². The lowest BCUT2D eigenvalue weighted by Gasteiger charge is -2.19. The molecule has 0 fully saturated rings. The molecule has 0 heterocycles. The van der Waals surface area contributed by atoms with Crippen LogP contribution in [0.15, 0.2) is 0 Å². The van der Waals surface area contributed by atoms with Crippen LogP contribution in [-0.2, 0) is 19.1 Å². The minimum atomic E-state index is -0.317. The van der Waals surface area contributed by atoms with Gasteiger partial charge in [-0.3, -0.25) is 9.59 Å². The molecule has 0 aromatic carbocycles. The van der Waals surface area contributed by atoms with Gasteiger partial charge in [0.1, 0.15) is 12.7 Å². The minimum Gasteiger partial charge on any atom is -0.462 e. The van der Waals surface area contributed by atoms with Gasteiger partial charge < -0.3 is 9.47 Å². The van der Waals surface area contributed by atoms with Crippen molar-refractivity contribution < 1.29 is 19.1 Å². The van der Waals surface area contributed by atoms with Crippen molar-refractivity contribution >= 4 is 11.9 Å². The van der Waals surface area contributed by atoms with Crippen LogP contribution in [0, 0.1) is 5.92 Å². The summed E-state index contributed by atoms with van der Waals surface area (Å²) in [6, 6.07) is 0. The number of rotatable bonds is 7. The largest absolute Gasteiger partial charge is 0.462 e. The highest BCUT2D eigenvalue weighted by Gasteiger charge is 2.17. The SMILES string of the molecule is CCC(=O)OC[C@H](CC(C)C)OC(=O)CC. The summed E-state index contributed by atoms with van der Waals surface area (Å²) >= 11 is 0. The number of hydrogen-bond donors (Lipinski definition) is 0. The molecule has 0 aliphatic rings. The predicted octanol–water partition coefficient (Wildman–Crippen LogP) is 2.31. The number of carbonyl (C=O) groups excluding carboxylic acids is 2. The molecule has 0 saturated carbocycles. The first-order valence-corrected chi connectivity index (χ1v) is 5.84. The van der Waals surface area contributed by atoms with E-state index in [2.05, 4.69) is 0 Å². The molecule has 0 N–H and O–H groups in total. The summed E-state index contributed by atoms with van der Waals surface area (Å²) < 4.78 is 10.2. The van der Waals surface area contributed by atoms with Gasteiger partial charge in [-0.25, -0.2) is 0 Å². The Bertz CT molecular complexity index is 223. The van der Waals surface area contributed by atoms with Crippen molar-refractivity contribution in [1.29, 1.82) is 0 Å². The summed E-state index contributed by atoms with van der Waals surface area (Å²) in [6.45, 7) is 7.71. The van der Waals surface area contributed by atoms with E-state index < -0.39 is 0 Å². The van der Waals surface area contributed by atoms with Crippen LogP contribution in [0.5, 0.6) is 0 Å². The van der Waals surface area contributed by atoms with Gasteiger partial charge in [-0.2, -0.15) is 0 Å². The molecule has 0 aromatic heterocycles. The lowest BCUT2D eigenvalue weighted by Crippen LogP contribution is -2.26. The Kier molecular flexibility index (Phi) is 7.60. The van der Waals surface area contributed by atoms with Gasteiger partial charge in [0.15, 0.2) is 0 Å². The quantitative estimate of drug-likeness (QED) is 0.630. The second-order valence-corrected chi connectivity index (χ2v) is 4.13. The Morgan fingerprint density at radius 2 is 1.62 bits per heavy atom. The van der Waals surface area contributed by atoms with E-state index in [1.165, 1.54) is 0 Å². The van der Waals surface area contributed by atoms with Crippen molar-refractivity contribution in [3.05, 3.63) is 0 Å². The summed E-state index contributed by atoms with van der Waals surface area (Å²) in [5, 5.41) is 0. The van der Waals surface area contributed by atoms with Crippen LogP contribution in [0.1, 0.15) is 47.0 Å². The number of ether oxygens (including phenoxy) is 2. The molecule has 0 aliphatic heterocycles. The standard InChI is InChI=1S/C12H22O4/c1-5-11(13)15-8-10(7-9(3)4)16-12(14)6-2/h9-10H,5-8H2,1-4H3/t10-/m0/s1. The molecule has 0 aromatic rings. The van der Waals surface area contributed by atoms with Crippen molar-refractivity contribution in [2.24, 2.45) is 5.92 Å². The summed E-state index contributed by atoms with van der Waals surface area (Å²) in [7, 11) is 0. The fraction of sp³-hybridized carbons (Fsp3) is 0.833. The van der Waals surface area contributed by atoms with E-state index in [-0.39, 0.29) is 24.6 Å². The van der Waals surface area contributed by atoms with Crippen LogP contribution in [-0.4, -0.2) is 24.6 Å². The summed E-state index contributed by atoms with van der Waals surface area (Å²) in [5.74, 6) is -0.116. The van der Waals surface area contributed by atoms with Crippen LogP contribution >= 0.6 is 0 Å². The first-order valence-electron chi connectivity index (χ1n) is 5.84. The van der Waals surface area contributed by atoms with Crippen molar-refractivity contribution in [1.82, 2.24) is 0 Å². The fourth-order valence-electron chi connectivity index (χ4n) is 1.23. The molecule has 0 unspecified atom stereocenters. The number of esters is 2. The van der Waals surface area contributed by atoms with Gasteiger partial charge in [0.2, 0.25) is 0 Å². The highest BCUT2D eigenvalue weighted by atomic mass is 16.6. The topological polar surface area (TPSA) is 52.6 Å². The maximum absolute atomic E-state index is 11.2. The zero-order valence-electron chi connectivity index (χ0n) is 10.6. The Morgan fingerprint density at radius 1 is 1.06 bits per heavy atom. The van der Waals surface area contributed by atoms with E-state index in [4.69, 9.17) is 9.47 Å². The molecular formula is C12H22O4. The molecule has 1 atom stereocenters. The summed E-state index contributed by atoms with van der Waals surface area (Å²) in [6.07, 6.45) is 1.08. The molecule has 0 aliphatic carbocycles. The first kappa shape index (κ1) is 14.9. The summed E-state index contributed by atoms with van der Waals surface area (Å²) in [4.78, 5) is 22.1. The minimum absolute atomic E-state index is 0.163. The zero-order chi connectivity index (χ0) is 12.6. The van der Waals surface area contributed by atoms with Crippen LogP contribution in [0.2, 0.25) is 0 Å². The second kappa shape index (κ2) is 8.13. The van der Waals surface area contributed by atoms with Crippen LogP contribution in [0.25, 0.3) is 0 Å². The van der Waals surface area contributed by atoms with Crippen LogP contribution in [0.4, 0.5) is 0 Å². The maximum atomic E-state index is 11.2. The van der Waals surface area contributed by atoms with Crippen molar-refractivity contribution in [3.63, 3.8) is 0 Å². The smallest absolute Gasteiger partial charge is 0.305 e. The van der Waals surface area contributed by atoms with Gasteiger partial charge in [0, 0.05) is 12.8 Å². The third kappa shape index (κ3) is 7.26. The van der Waals surface area contributed by atoms with Crippen molar-refractivity contribution in [3.8, 4) is 0 Å². The normalized spacial score (nSPS) is 12.3. The third-order valence-electron chi connectivity index (χ3n) is 2.04. The molecule has 0 bridgehead atoms. The van der Waals surface area contributed by atoms with Gasteiger partial charge in [-0.1, -0.05) is 27.7 Å². The molecule has 0 amide bonds. The molecule has 94 valence electrons. The predicted molar refractivity (Wildman–Crippen MR) is 60.9 cm³/mol. The number of carbonyl (C=O) groups is 2. The molecule has 0 saturated heterocycles. The zero-order valence-corrected chi connectivity index (χ0v) is 10.6. The maximum Gasteiger partial charge on any atom is 0.305 e. The van der Waals surface area contributed by atoms with Gasteiger partial charge in [0.25, 0.3) is 0 Å². The van der Waals surface area contributed by atoms with Gasteiger partial charge in [0.05, 0.1) is 0 Å². The highest BCUT2D eigenvalue weighted by Crippen LogP contribution is 2.10. The third-order valence-corrected chi connectivity index (χ3v) is 2.04. The summed E-state index contributed by atoms with van der Waals surface area (Å²) in [5.41, 5.74) is 0. The average Bonchev–Trinajstić information content (AvgIpc) is 2.24.